The number of hydrogen-bond acceptors (Lipinski definition) is 3. The molecule has 0 aromatic heterocycles. The molecule has 0 aliphatic heterocycles. The van der Waals surface area contributed by atoms with Crippen molar-refractivity contribution in [2.45, 2.75) is 6.04 Å². The van der Waals surface area contributed by atoms with Crippen LogP contribution in [0.3, 0.4) is 0 Å². The maximum atomic E-state index is 10.7. The van der Waals surface area contributed by atoms with Crippen molar-refractivity contribution in [2.75, 3.05) is 7.11 Å². The maximum absolute atomic E-state index is 10.7. The molecule has 0 fully saturated rings. The van der Waals surface area contributed by atoms with Crippen molar-refractivity contribution < 1.29 is 14.6 Å². The molecule has 0 bridgehead atoms. The molecule has 4 nitrogen and oxygen atoms in total. The number of halogens is 1. The SMILES string of the molecule is COc1ccc(I)c([C@@H](N)C(=O)O)c1. The number of rotatable bonds is 3. The Morgan fingerprint density at radius 2 is 2.29 bits per heavy atom. The minimum absolute atomic E-state index is 0.567. The number of benzene rings is 1. The molecule has 0 unspecified atom stereocenters. The third-order valence-corrected chi connectivity index (χ3v) is 2.79. The molecule has 0 saturated heterocycles. The summed E-state index contributed by atoms with van der Waals surface area (Å²) >= 11 is 2.04. The Morgan fingerprint density at radius 1 is 1.64 bits per heavy atom. The lowest BCUT2D eigenvalue weighted by atomic mass is 10.1. The lowest BCUT2D eigenvalue weighted by Gasteiger charge is -2.10. The Morgan fingerprint density at radius 3 is 2.79 bits per heavy atom. The highest BCUT2D eigenvalue weighted by molar-refractivity contribution is 14.1. The van der Waals surface area contributed by atoms with Gasteiger partial charge in [-0.1, -0.05) is 0 Å². The van der Waals surface area contributed by atoms with Crippen molar-refractivity contribution in [2.24, 2.45) is 5.73 Å². The van der Waals surface area contributed by atoms with Crippen LogP contribution in [-0.2, 0) is 4.79 Å². The van der Waals surface area contributed by atoms with Crippen molar-refractivity contribution in [3.05, 3.63) is 27.3 Å². The van der Waals surface area contributed by atoms with E-state index in [1.54, 1.807) is 18.2 Å². The van der Waals surface area contributed by atoms with Gasteiger partial charge in [0.1, 0.15) is 11.8 Å². The van der Waals surface area contributed by atoms with Crippen LogP contribution in [-0.4, -0.2) is 18.2 Å². The highest BCUT2D eigenvalue weighted by Gasteiger charge is 2.17. The van der Waals surface area contributed by atoms with E-state index >= 15 is 0 Å². The third kappa shape index (κ3) is 2.36. The van der Waals surface area contributed by atoms with E-state index in [0.717, 1.165) is 3.57 Å². The summed E-state index contributed by atoms with van der Waals surface area (Å²) in [7, 11) is 1.53. The summed E-state index contributed by atoms with van der Waals surface area (Å²) in [6.45, 7) is 0. The van der Waals surface area contributed by atoms with Gasteiger partial charge in [-0.3, -0.25) is 4.79 Å². The summed E-state index contributed by atoms with van der Waals surface area (Å²) in [6, 6.07) is 4.18. The Bertz CT molecular complexity index is 354. The number of aliphatic carboxylic acids is 1. The fourth-order valence-electron chi connectivity index (χ4n) is 1.02. The van der Waals surface area contributed by atoms with Crippen LogP contribution in [0, 0.1) is 3.57 Å². The lowest BCUT2D eigenvalue weighted by Crippen LogP contribution is -2.21. The number of nitrogens with two attached hydrogens (primary N) is 1. The van der Waals surface area contributed by atoms with Crippen LogP contribution in [0.4, 0.5) is 0 Å². The zero-order valence-electron chi connectivity index (χ0n) is 7.53. The molecule has 0 spiro atoms. The summed E-state index contributed by atoms with van der Waals surface area (Å²) in [5.74, 6) is -0.437. The zero-order valence-corrected chi connectivity index (χ0v) is 9.69. The van der Waals surface area contributed by atoms with Gasteiger partial charge in [0, 0.05) is 3.57 Å². The van der Waals surface area contributed by atoms with E-state index in [4.69, 9.17) is 15.6 Å². The average molecular weight is 307 g/mol. The molecule has 0 radical (unpaired) electrons. The molecule has 0 saturated carbocycles. The van der Waals surface area contributed by atoms with Crippen molar-refractivity contribution >= 4 is 28.6 Å². The number of carbonyl (C=O) groups is 1. The molecule has 0 aliphatic carbocycles. The van der Waals surface area contributed by atoms with Gasteiger partial charge in [-0.15, -0.1) is 0 Å². The monoisotopic (exact) mass is 307 g/mol. The van der Waals surface area contributed by atoms with E-state index < -0.39 is 12.0 Å². The van der Waals surface area contributed by atoms with Crippen LogP contribution in [0.5, 0.6) is 5.75 Å². The summed E-state index contributed by atoms with van der Waals surface area (Å²) < 4.78 is 5.81. The second-order valence-electron chi connectivity index (χ2n) is 2.70. The van der Waals surface area contributed by atoms with Gasteiger partial charge in [-0.25, -0.2) is 0 Å². The standard InChI is InChI=1S/C9H10INO3/c1-14-5-2-3-7(10)6(4-5)8(11)9(12)13/h2-4,8H,11H2,1H3,(H,12,13)/t8-/m1/s1. The van der Waals surface area contributed by atoms with Crippen LogP contribution in [0.1, 0.15) is 11.6 Å². The topological polar surface area (TPSA) is 72.5 Å². The molecule has 1 aromatic rings. The fraction of sp³-hybridized carbons (Fsp3) is 0.222. The molecule has 1 atom stereocenters. The van der Waals surface area contributed by atoms with E-state index in [-0.39, 0.29) is 0 Å². The number of methoxy groups -OCH3 is 1. The molecule has 0 aliphatic rings. The first kappa shape index (κ1) is 11.3. The second kappa shape index (κ2) is 4.61. The summed E-state index contributed by atoms with van der Waals surface area (Å²) in [4.78, 5) is 10.7. The highest BCUT2D eigenvalue weighted by atomic mass is 127. The van der Waals surface area contributed by atoms with E-state index in [1.807, 2.05) is 22.6 Å². The molecule has 0 heterocycles. The van der Waals surface area contributed by atoms with Crippen molar-refractivity contribution in [1.29, 1.82) is 0 Å². The summed E-state index contributed by atoms with van der Waals surface area (Å²) in [5, 5.41) is 8.75. The number of ether oxygens (including phenoxy) is 1. The van der Waals surface area contributed by atoms with Crippen molar-refractivity contribution in [1.82, 2.24) is 0 Å². The van der Waals surface area contributed by atoms with Crippen molar-refractivity contribution in [3.8, 4) is 5.75 Å². The van der Waals surface area contributed by atoms with Crippen LogP contribution in [0.25, 0.3) is 0 Å². The molecule has 76 valence electrons. The predicted octanol–water partition coefficient (Wildman–Crippen LogP) is 1.38. The predicted molar refractivity (Wildman–Crippen MR) is 60.3 cm³/mol. The Labute approximate surface area is 95.2 Å². The summed E-state index contributed by atoms with van der Waals surface area (Å²) in [6.07, 6.45) is 0. The lowest BCUT2D eigenvalue weighted by molar-refractivity contribution is -0.138. The smallest absolute Gasteiger partial charge is 0.325 e. The number of carboxylic acids is 1. The Hall–Kier alpha value is -0.820. The van der Waals surface area contributed by atoms with Crippen molar-refractivity contribution in [3.63, 3.8) is 0 Å². The van der Waals surface area contributed by atoms with Gasteiger partial charge in [-0.05, 0) is 46.4 Å². The quantitative estimate of drug-likeness (QED) is 0.828. The second-order valence-corrected chi connectivity index (χ2v) is 3.87. The van der Waals surface area contributed by atoms with Gasteiger partial charge >= 0.3 is 5.97 Å². The van der Waals surface area contributed by atoms with Crippen LogP contribution in [0.15, 0.2) is 18.2 Å². The van der Waals surface area contributed by atoms with Crippen LogP contribution in [0.2, 0.25) is 0 Å². The first-order valence-electron chi connectivity index (χ1n) is 3.88. The average Bonchev–Trinajstić information content (AvgIpc) is 2.17. The number of hydrogen-bond donors (Lipinski definition) is 2. The molecular weight excluding hydrogens is 297 g/mol. The van der Waals surface area contributed by atoms with E-state index in [9.17, 15) is 4.79 Å². The van der Waals surface area contributed by atoms with Gasteiger partial charge in [0.05, 0.1) is 7.11 Å². The van der Waals surface area contributed by atoms with Crippen LogP contribution < -0.4 is 10.5 Å². The van der Waals surface area contributed by atoms with Gasteiger partial charge in [0.2, 0.25) is 0 Å². The molecule has 1 rings (SSSR count). The molecule has 3 N–H and O–H groups in total. The first-order valence-corrected chi connectivity index (χ1v) is 4.96. The van der Waals surface area contributed by atoms with E-state index in [1.165, 1.54) is 7.11 Å². The Balaban J connectivity index is 3.11. The molecule has 14 heavy (non-hydrogen) atoms. The fourth-order valence-corrected chi connectivity index (χ4v) is 1.69. The molecule has 5 heteroatoms. The molecular formula is C9H10INO3. The van der Waals surface area contributed by atoms with E-state index in [2.05, 4.69) is 0 Å². The largest absolute Gasteiger partial charge is 0.497 e. The zero-order chi connectivity index (χ0) is 10.7. The van der Waals surface area contributed by atoms with Crippen LogP contribution >= 0.6 is 22.6 Å². The van der Waals surface area contributed by atoms with E-state index in [0.29, 0.717) is 11.3 Å². The normalized spacial score (nSPS) is 12.2. The van der Waals surface area contributed by atoms with Gasteiger partial charge in [0.15, 0.2) is 0 Å². The highest BCUT2D eigenvalue weighted by Crippen LogP contribution is 2.23. The molecule has 1 aromatic carbocycles. The third-order valence-electron chi connectivity index (χ3n) is 1.80. The van der Waals surface area contributed by atoms with Gasteiger partial charge in [0.25, 0.3) is 0 Å². The maximum Gasteiger partial charge on any atom is 0.325 e. The minimum atomic E-state index is -1.05. The summed E-state index contributed by atoms with van der Waals surface area (Å²) in [5.41, 5.74) is 6.07. The van der Waals surface area contributed by atoms with Gasteiger partial charge < -0.3 is 15.6 Å². The van der Waals surface area contributed by atoms with Gasteiger partial charge in [-0.2, -0.15) is 0 Å². The molecule has 0 amide bonds. The first-order chi connectivity index (χ1) is 6.56. The number of carboxylic acid groups (broad SMARTS) is 1. The Kier molecular flexibility index (Phi) is 3.70. The minimum Gasteiger partial charge on any atom is -0.497 e.